The van der Waals surface area contributed by atoms with Gasteiger partial charge in [0, 0.05) is 12.6 Å². The Morgan fingerprint density at radius 2 is 2.29 bits per heavy atom. The molecule has 0 aliphatic heterocycles. The van der Waals surface area contributed by atoms with Crippen molar-refractivity contribution in [3.05, 3.63) is 28.2 Å². The van der Waals surface area contributed by atoms with Crippen LogP contribution in [-0.4, -0.2) is 18.8 Å². The molecule has 0 saturated heterocycles. The molecule has 1 aromatic rings. The molecule has 0 spiro atoms. The number of rotatable bonds is 4. The van der Waals surface area contributed by atoms with Gasteiger partial charge in [-0.25, -0.2) is 0 Å². The predicted octanol–water partition coefficient (Wildman–Crippen LogP) is 1.84. The molecule has 0 aromatic heterocycles. The van der Waals surface area contributed by atoms with Gasteiger partial charge in [0.05, 0.1) is 11.6 Å². The van der Waals surface area contributed by atoms with Crippen LogP contribution in [0.4, 0.5) is 0 Å². The van der Waals surface area contributed by atoms with Gasteiger partial charge in [-0.05, 0) is 40.0 Å². The Kier molecular flexibility index (Phi) is 4.38. The topological polar surface area (TPSA) is 55.5 Å². The largest absolute Gasteiger partial charge is 0.496 e. The summed E-state index contributed by atoms with van der Waals surface area (Å²) in [6.45, 7) is 0.102. The van der Waals surface area contributed by atoms with Gasteiger partial charge in [0.1, 0.15) is 5.75 Å². The second kappa shape index (κ2) is 5.34. The average molecular weight is 260 g/mol. The Morgan fingerprint density at radius 3 is 2.79 bits per heavy atom. The Morgan fingerprint density at radius 1 is 1.57 bits per heavy atom. The fourth-order valence-electron chi connectivity index (χ4n) is 1.22. The second-order valence-electron chi connectivity index (χ2n) is 3.01. The van der Waals surface area contributed by atoms with Crippen molar-refractivity contribution in [2.24, 2.45) is 5.73 Å². The Balaban J connectivity index is 2.85. The number of benzene rings is 1. The third-order valence-electron chi connectivity index (χ3n) is 2.04. The molecule has 1 atom stereocenters. The highest BCUT2D eigenvalue weighted by Crippen LogP contribution is 2.28. The SMILES string of the molecule is COc1ccc([C@H](N)CCO)cc1Br. The van der Waals surface area contributed by atoms with E-state index < -0.39 is 0 Å². The van der Waals surface area contributed by atoms with Crippen LogP contribution in [0.3, 0.4) is 0 Å². The molecule has 0 amide bonds. The number of hydrogen-bond donors (Lipinski definition) is 2. The monoisotopic (exact) mass is 259 g/mol. The molecular formula is C10H14BrNO2. The highest BCUT2D eigenvalue weighted by Gasteiger charge is 2.07. The van der Waals surface area contributed by atoms with Gasteiger partial charge in [0.2, 0.25) is 0 Å². The standard InChI is InChI=1S/C10H14BrNO2/c1-14-10-3-2-7(6-8(10)11)9(12)4-5-13/h2-3,6,9,13H,4-5,12H2,1H3/t9-/m1/s1. The smallest absolute Gasteiger partial charge is 0.133 e. The summed E-state index contributed by atoms with van der Waals surface area (Å²) in [5, 5.41) is 8.75. The van der Waals surface area contributed by atoms with Crippen LogP contribution in [-0.2, 0) is 0 Å². The van der Waals surface area contributed by atoms with Crippen molar-refractivity contribution in [2.75, 3.05) is 13.7 Å². The van der Waals surface area contributed by atoms with Crippen molar-refractivity contribution in [1.29, 1.82) is 0 Å². The molecule has 0 aliphatic rings. The van der Waals surface area contributed by atoms with Crippen LogP contribution >= 0.6 is 15.9 Å². The lowest BCUT2D eigenvalue weighted by Crippen LogP contribution is -2.11. The highest BCUT2D eigenvalue weighted by molar-refractivity contribution is 9.10. The van der Waals surface area contributed by atoms with Crippen molar-refractivity contribution in [1.82, 2.24) is 0 Å². The molecule has 3 nitrogen and oxygen atoms in total. The molecule has 0 radical (unpaired) electrons. The number of ether oxygens (including phenoxy) is 1. The molecule has 1 rings (SSSR count). The van der Waals surface area contributed by atoms with Crippen LogP contribution < -0.4 is 10.5 Å². The van der Waals surface area contributed by atoms with Crippen LogP contribution in [0.2, 0.25) is 0 Å². The van der Waals surface area contributed by atoms with Crippen molar-refractivity contribution in [2.45, 2.75) is 12.5 Å². The number of hydrogen-bond acceptors (Lipinski definition) is 3. The normalized spacial score (nSPS) is 12.6. The summed E-state index contributed by atoms with van der Waals surface area (Å²) in [5.41, 5.74) is 6.84. The van der Waals surface area contributed by atoms with Crippen LogP contribution in [0, 0.1) is 0 Å². The first-order valence-corrected chi connectivity index (χ1v) is 5.18. The fraction of sp³-hybridized carbons (Fsp3) is 0.400. The minimum Gasteiger partial charge on any atom is -0.496 e. The molecule has 0 fully saturated rings. The van der Waals surface area contributed by atoms with Gasteiger partial charge in [0.25, 0.3) is 0 Å². The summed E-state index contributed by atoms with van der Waals surface area (Å²) in [5.74, 6) is 0.782. The van der Waals surface area contributed by atoms with Crippen LogP contribution in [0.1, 0.15) is 18.0 Å². The zero-order chi connectivity index (χ0) is 10.6. The third kappa shape index (κ3) is 2.70. The van der Waals surface area contributed by atoms with E-state index >= 15 is 0 Å². The number of halogens is 1. The quantitative estimate of drug-likeness (QED) is 0.868. The minimum absolute atomic E-state index is 0.102. The van der Waals surface area contributed by atoms with E-state index in [1.165, 1.54) is 0 Å². The van der Waals surface area contributed by atoms with Crippen molar-refractivity contribution < 1.29 is 9.84 Å². The molecule has 1 aromatic carbocycles. The van der Waals surface area contributed by atoms with Crippen LogP contribution in [0.15, 0.2) is 22.7 Å². The van der Waals surface area contributed by atoms with Gasteiger partial charge in [-0.15, -0.1) is 0 Å². The first-order chi connectivity index (χ1) is 6.69. The zero-order valence-electron chi connectivity index (χ0n) is 8.03. The first-order valence-electron chi connectivity index (χ1n) is 4.39. The van der Waals surface area contributed by atoms with Crippen LogP contribution in [0.5, 0.6) is 5.75 Å². The molecule has 14 heavy (non-hydrogen) atoms. The van der Waals surface area contributed by atoms with E-state index in [9.17, 15) is 0 Å². The van der Waals surface area contributed by atoms with Gasteiger partial charge < -0.3 is 15.6 Å². The number of methoxy groups -OCH3 is 1. The fourth-order valence-corrected chi connectivity index (χ4v) is 1.78. The maximum absolute atomic E-state index is 8.75. The Bertz CT molecular complexity index is 304. The lowest BCUT2D eigenvalue weighted by atomic mass is 10.1. The van der Waals surface area contributed by atoms with E-state index in [-0.39, 0.29) is 12.6 Å². The summed E-state index contributed by atoms with van der Waals surface area (Å²) >= 11 is 3.38. The molecule has 0 saturated carbocycles. The van der Waals surface area contributed by atoms with Crippen molar-refractivity contribution in [3.8, 4) is 5.75 Å². The third-order valence-corrected chi connectivity index (χ3v) is 2.66. The van der Waals surface area contributed by atoms with Gasteiger partial charge in [-0.2, -0.15) is 0 Å². The lowest BCUT2D eigenvalue weighted by molar-refractivity contribution is 0.276. The predicted molar refractivity (Wildman–Crippen MR) is 59.3 cm³/mol. The maximum Gasteiger partial charge on any atom is 0.133 e. The number of aliphatic hydroxyl groups is 1. The van der Waals surface area contributed by atoms with Gasteiger partial charge in [0.15, 0.2) is 0 Å². The van der Waals surface area contributed by atoms with Crippen LogP contribution in [0.25, 0.3) is 0 Å². The summed E-state index contributed by atoms with van der Waals surface area (Å²) in [6.07, 6.45) is 0.568. The summed E-state index contributed by atoms with van der Waals surface area (Å²) in [6, 6.07) is 5.56. The van der Waals surface area contributed by atoms with E-state index in [0.717, 1.165) is 15.8 Å². The van der Waals surface area contributed by atoms with E-state index in [1.54, 1.807) is 7.11 Å². The summed E-state index contributed by atoms with van der Waals surface area (Å²) in [4.78, 5) is 0. The number of nitrogens with two attached hydrogens (primary N) is 1. The molecule has 78 valence electrons. The first kappa shape index (κ1) is 11.5. The molecule has 3 N–H and O–H groups in total. The number of aliphatic hydroxyl groups excluding tert-OH is 1. The highest BCUT2D eigenvalue weighted by atomic mass is 79.9. The van der Waals surface area contributed by atoms with Gasteiger partial charge >= 0.3 is 0 Å². The second-order valence-corrected chi connectivity index (χ2v) is 3.87. The lowest BCUT2D eigenvalue weighted by Gasteiger charge is -2.12. The van der Waals surface area contributed by atoms with Crippen molar-refractivity contribution >= 4 is 15.9 Å². The average Bonchev–Trinajstić information content (AvgIpc) is 2.18. The molecule has 4 heteroatoms. The Labute approximate surface area is 92.0 Å². The minimum atomic E-state index is -0.123. The summed E-state index contributed by atoms with van der Waals surface area (Å²) < 4.78 is 5.98. The maximum atomic E-state index is 8.75. The van der Waals surface area contributed by atoms with E-state index in [1.807, 2.05) is 18.2 Å². The molecule has 0 bridgehead atoms. The van der Waals surface area contributed by atoms with Gasteiger partial charge in [-0.3, -0.25) is 0 Å². The van der Waals surface area contributed by atoms with E-state index in [0.29, 0.717) is 6.42 Å². The molecular weight excluding hydrogens is 246 g/mol. The van der Waals surface area contributed by atoms with Crippen molar-refractivity contribution in [3.63, 3.8) is 0 Å². The molecule has 0 unspecified atom stereocenters. The molecule has 0 heterocycles. The zero-order valence-corrected chi connectivity index (χ0v) is 9.62. The van der Waals surface area contributed by atoms with Gasteiger partial charge in [-0.1, -0.05) is 6.07 Å². The summed E-state index contributed by atoms with van der Waals surface area (Å²) in [7, 11) is 1.62. The Hall–Kier alpha value is -0.580. The van der Waals surface area contributed by atoms with E-state index in [4.69, 9.17) is 15.6 Å². The van der Waals surface area contributed by atoms with E-state index in [2.05, 4.69) is 15.9 Å². The molecule has 0 aliphatic carbocycles.